The Labute approximate surface area is 93.6 Å². The maximum absolute atomic E-state index is 12.0. The second kappa shape index (κ2) is 3.37. The lowest BCUT2D eigenvalue weighted by Gasteiger charge is -2.30. The molecule has 1 fully saturated rings. The van der Waals surface area contributed by atoms with Gasteiger partial charge in [-0.25, -0.2) is 0 Å². The summed E-state index contributed by atoms with van der Waals surface area (Å²) in [6.07, 6.45) is 1.10. The smallest absolute Gasteiger partial charge is 0.289 e. The number of fused-ring (bicyclic) bond motifs is 1. The van der Waals surface area contributed by atoms with Gasteiger partial charge < -0.3 is 9.32 Å². The SMILES string of the molecule is Cc1c(C(=O)N2CCC2)oc2ccccc12. The van der Waals surface area contributed by atoms with Gasteiger partial charge in [0.05, 0.1) is 0 Å². The van der Waals surface area contributed by atoms with Crippen LogP contribution in [0.5, 0.6) is 0 Å². The fourth-order valence-electron chi connectivity index (χ4n) is 2.04. The van der Waals surface area contributed by atoms with Crippen LogP contribution in [-0.2, 0) is 0 Å². The lowest BCUT2D eigenvalue weighted by atomic mass is 10.1. The van der Waals surface area contributed by atoms with Gasteiger partial charge in [-0.1, -0.05) is 18.2 Å². The Morgan fingerprint density at radius 1 is 1.31 bits per heavy atom. The van der Waals surface area contributed by atoms with Crippen LogP contribution in [0.1, 0.15) is 22.5 Å². The van der Waals surface area contributed by atoms with E-state index in [0.29, 0.717) is 5.76 Å². The van der Waals surface area contributed by atoms with Gasteiger partial charge in [-0.15, -0.1) is 0 Å². The summed E-state index contributed by atoms with van der Waals surface area (Å²) >= 11 is 0. The second-order valence-corrected chi connectivity index (χ2v) is 4.20. The minimum Gasteiger partial charge on any atom is -0.451 e. The molecule has 3 nitrogen and oxygen atoms in total. The zero-order valence-electron chi connectivity index (χ0n) is 9.19. The first-order valence-electron chi connectivity index (χ1n) is 5.55. The summed E-state index contributed by atoms with van der Waals surface area (Å²) in [5.74, 6) is 0.529. The minimum absolute atomic E-state index is 0.0277. The summed E-state index contributed by atoms with van der Waals surface area (Å²) in [5, 5.41) is 1.03. The van der Waals surface area contributed by atoms with Gasteiger partial charge in [-0.05, 0) is 19.4 Å². The Morgan fingerprint density at radius 2 is 2.06 bits per heavy atom. The van der Waals surface area contributed by atoms with Crippen molar-refractivity contribution in [1.82, 2.24) is 4.90 Å². The molecule has 3 heteroatoms. The van der Waals surface area contributed by atoms with Crippen molar-refractivity contribution in [1.29, 1.82) is 0 Å². The average Bonchev–Trinajstić information content (AvgIpc) is 2.54. The first-order chi connectivity index (χ1) is 7.77. The first-order valence-corrected chi connectivity index (χ1v) is 5.55. The van der Waals surface area contributed by atoms with Crippen molar-refractivity contribution < 1.29 is 9.21 Å². The van der Waals surface area contributed by atoms with E-state index in [1.807, 2.05) is 36.1 Å². The highest BCUT2D eigenvalue weighted by atomic mass is 16.3. The van der Waals surface area contributed by atoms with Gasteiger partial charge in [0, 0.05) is 24.0 Å². The number of hydrogen-bond donors (Lipinski definition) is 0. The summed E-state index contributed by atoms with van der Waals surface area (Å²) in [7, 11) is 0. The predicted octanol–water partition coefficient (Wildman–Crippen LogP) is 2.59. The Bertz CT molecular complexity index is 552. The Hall–Kier alpha value is -1.77. The van der Waals surface area contributed by atoms with Crippen LogP contribution >= 0.6 is 0 Å². The molecule has 0 unspecified atom stereocenters. The van der Waals surface area contributed by atoms with Gasteiger partial charge in [-0.2, -0.15) is 0 Å². The van der Waals surface area contributed by atoms with Crippen LogP contribution in [0.3, 0.4) is 0 Å². The van der Waals surface area contributed by atoms with Gasteiger partial charge in [0.25, 0.3) is 5.91 Å². The molecule has 0 atom stereocenters. The van der Waals surface area contributed by atoms with Crippen molar-refractivity contribution in [3.63, 3.8) is 0 Å². The van der Waals surface area contributed by atoms with E-state index < -0.39 is 0 Å². The molecular weight excluding hydrogens is 202 g/mol. The number of amides is 1. The Kier molecular flexibility index (Phi) is 1.99. The predicted molar refractivity (Wildman–Crippen MR) is 61.5 cm³/mol. The normalized spacial score (nSPS) is 15.2. The summed E-state index contributed by atoms with van der Waals surface area (Å²) in [5.41, 5.74) is 1.75. The van der Waals surface area contributed by atoms with Gasteiger partial charge in [0.1, 0.15) is 5.58 Å². The van der Waals surface area contributed by atoms with Crippen molar-refractivity contribution >= 4 is 16.9 Å². The third kappa shape index (κ3) is 1.24. The fraction of sp³-hybridized carbons (Fsp3) is 0.308. The van der Waals surface area contributed by atoms with E-state index in [2.05, 4.69) is 0 Å². The standard InChI is InChI=1S/C13H13NO2/c1-9-10-5-2-3-6-11(10)16-12(9)13(15)14-7-4-8-14/h2-3,5-6H,4,7-8H2,1H3. The minimum atomic E-state index is 0.0277. The van der Waals surface area contributed by atoms with Crippen molar-refractivity contribution in [3.8, 4) is 0 Å². The highest BCUT2D eigenvalue weighted by Gasteiger charge is 2.26. The van der Waals surface area contributed by atoms with E-state index in [4.69, 9.17) is 4.42 Å². The molecule has 1 aliphatic rings. The molecule has 1 aliphatic heterocycles. The molecule has 0 bridgehead atoms. The van der Waals surface area contributed by atoms with Crippen molar-refractivity contribution in [3.05, 3.63) is 35.6 Å². The Balaban J connectivity index is 2.09. The molecule has 1 aromatic carbocycles. The van der Waals surface area contributed by atoms with Gasteiger partial charge in [0.2, 0.25) is 0 Å². The summed E-state index contributed by atoms with van der Waals surface area (Å²) in [6.45, 7) is 3.66. The number of benzene rings is 1. The number of para-hydroxylation sites is 1. The van der Waals surface area contributed by atoms with Crippen LogP contribution in [0, 0.1) is 6.92 Å². The molecule has 0 spiro atoms. The fourth-order valence-corrected chi connectivity index (χ4v) is 2.04. The molecule has 0 N–H and O–H groups in total. The van der Waals surface area contributed by atoms with Crippen LogP contribution in [0.25, 0.3) is 11.0 Å². The molecule has 82 valence electrons. The van der Waals surface area contributed by atoms with Crippen LogP contribution < -0.4 is 0 Å². The lowest BCUT2D eigenvalue weighted by Crippen LogP contribution is -2.42. The highest BCUT2D eigenvalue weighted by molar-refractivity contribution is 5.99. The molecule has 1 aromatic heterocycles. The molecule has 0 aliphatic carbocycles. The van der Waals surface area contributed by atoms with Crippen molar-refractivity contribution in [2.24, 2.45) is 0 Å². The van der Waals surface area contributed by atoms with E-state index in [-0.39, 0.29) is 5.91 Å². The first kappa shape index (κ1) is 9.46. The van der Waals surface area contributed by atoms with Crippen molar-refractivity contribution in [2.75, 3.05) is 13.1 Å². The largest absolute Gasteiger partial charge is 0.451 e. The van der Waals surface area contributed by atoms with E-state index in [0.717, 1.165) is 36.0 Å². The molecule has 2 heterocycles. The van der Waals surface area contributed by atoms with Crippen LogP contribution in [0.15, 0.2) is 28.7 Å². The monoisotopic (exact) mass is 215 g/mol. The van der Waals surface area contributed by atoms with Crippen LogP contribution in [0.4, 0.5) is 0 Å². The van der Waals surface area contributed by atoms with Crippen molar-refractivity contribution in [2.45, 2.75) is 13.3 Å². The molecule has 0 saturated carbocycles. The Morgan fingerprint density at radius 3 is 2.69 bits per heavy atom. The van der Waals surface area contributed by atoms with E-state index in [1.54, 1.807) is 0 Å². The molecular formula is C13H13NO2. The van der Waals surface area contributed by atoms with E-state index >= 15 is 0 Å². The maximum Gasteiger partial charge on any atom is 0.289 e. The van der Waals surface area contributed by atoms with Crippen LogP contribution in [-0.4, -0.2) is 23.9 Å². The van der Waals surface area contributed by atoms with Crippen LogP contribution in [0.2, 0.25) is 0 Å². The third-order valence-corrected chi connectivity index (χ3v) is 3.18. The number of furan rings is 1. The number of hydrogen-bond acceptors (Lipinski definition) is 2. The molecule has 1 saturated heterocycles. The zero-order chi connectivity index (χ0) is 11.1. The average molecular weight is 215 g/mol. The zero-order valence-corrected chi connectivity index (χ0v) is 9.19. The topological polar surface area (TPSA) is 33.5 Å². The summed E-state index contributed by atoms with van der Waals surface area (Å²) in [4.78, 5) is 13.9. The van der Waals surface area contributed by atoms with Gasteiger partial charge in [-0.3, -0.25) is 4.79 Å². The second-order valence-electron chi connectivity index (χ2n) is 4.20. The molecule has 1 amide bonds. The number of likely N-dealkylation sites (tertiary alicyclic amines) is 1. The molecule has 3 rings (SSSR count). The van der Waals surface area contributed by atoms with E-state index in [1.165, 1.54) is 0 Å². The number of carbonyl (C=O) groups excluding carboxylic acids is 1. The van der Waals surface area contributed by atoms with Gasteiger partial charge in [0.15, 0.2) is 5.76 Å². The molecule has 2 aromatic rings. The number of rotatable bonds is 1. The highest BCUT2D eigenvalue weighted by Crippen LogP contribution is 2.26. The lowest BCUT2D eigenvalue weighted by molar-refractivity contribution is 0.0620. The number of carbonyl (C=O) groups is 1. The quantitative estimate of drug-likeness (QED) is 0.732. The van der Waals surface area contributed by atoms with E-state index in [9.17, 15) is 4.79 Å². The van der Waals surface area contributed by atoms with Gasteiger partial charge >= 0.3 is 0 Å². The molecule has 0 radical (unpaired) electrons. The summed E-state index contributed by atoms with van der Waals surface area (Å²) < 4.78 is 5.63. The molecule has 16 heavy (non-hydrogen) atoms. The summed E-state index contributed by atoms with van der Waals surface area (Å²) in [6, 6.07) is 7.77. The third-order valence-electron chi connectivity index (χ3n) is 3.18. The number of nitrogens with zero attached hydrogens (tertiary/aromatic N) is 1. The number of aryl methyl sites for hydroxylation is 1. The maximum atomic E-state index is 12.0.